The van der Waals surface area contributed by atoms with E-state index in [4.69, 9.17) is 0 Å². The molecular formula is C69H46N2. The highest BCUT2D eigenvalue weighted by atomic mass is 15.1. The van der Waals surface area contributed by atoms with E-state index in [2.05, 4.69) is 289 Å². The molecule has 1 atom stereocenters. The Labute approximate surface area is 413 Å². The first-order chi connectivity index (χ1) is 35.2. The fourth-order valence-electron chi connectivity index (χ4n) is 11.9. The van der Waals surface area contributed by atoms with Crippen molar-refractivity contribution in [2.45, 2.75) is 5.41 Å². The van der Waals surface area contributed by atoms with Gasteiger partial charge in [-0.05, 0) is 109 Å². The first-order valence-corrected chi connectivity index (χ1v) is 24.6. The monoisotopic (exact) mass is 902 g/mol. The topological polar surface area (TPSA) is 8.17 Å². The van der Waals surface area contributed by atoms with Crippen LogP contribution in [0.1, 0.15) is 22.3 Å². The van der Waals surface area contributed by atoms with Gasteiger partial charge in [-0.15, -0.1) is 0 Å². The van der Waals surface area contributed by atoms with Gasteiger partial charge in [0.2, 0.25) is 0 Å². The SMILES string of the molecule is c1ccc(-c2ccc(-n3c4cc(N(c5ccc6c(c5)C(c5ccccc5)(c5ccc(-c7ccccc7)cc5)c5ccccc5-6)c5cccc6ccccc56)ccc4c4ccc5ccccc5c43)cc2)cc1. The summed E-state index contributed by atoms with van der Waals surface area (Å²) in [7, 11) is 0. The zero-order valence-corrected chi connectivity index (χ0v) is 39.0. The van der Waals surface area contributed by atoms with Crippen molar-refractivity contribution >= 4 is 60.4 Å². The van der Waals surface area contributed by atoms with Crippen molar-refractivity contribution < 1.29 is 0 Å². The van der Waals surface area contributed by atoms with Crippen LogP contribution in [0.4, 0.5) is 17.1 Å². The highest BCUT2D eigenvalue weighted by Gasteiger charge is 2.46. The van der Waals surface area contributed by atoms with Crippen LogP contribution < -0.4 is 4.90 Å². The molecule has 1 aromatic heterocycles. The van der Waals surface area contributed by atoms with E-state index in [9.17, 15) is 0 Å². The summed E-state index contributed by atoms with van der Waals surface area (Å²) in [6, 6.07) is 103. The van der Waals surface area contributed by atoms with E-state index in [-0.39, 0.29) is 0 Å². The van der Waals surface area contributed by atoms with Crippen LogP contribution in [0.2, 0.25) is 0 Å². The lowest BCUT2D eigenvalue weighted by Gasteiger charge is -2.35. The van der Waals surface area contributed by atoms with Gasteiger partial charge in [0, 0.05) is 38.6 Å². The zero-order valence-electron chi connectivity index (χ0n) is 39.0. The molecule has 1 heterocycles. The summed E-state index contributed by atoms with van der Waals surface area (Å²) < 4.78 is 2.49. The van der Waals surface area contributed by atoms with Crippen LogP contribution in [0.25, 0.3) is 82.4 Å². The molecule has 14 rings (SSSR count). The van der Waals surface area contributed by atoms with Gasteiger partial charge >= 0.3 is 0 Å². The number of benzene rings is 12. The van der Waals surface area contributed by atoms with Gasteiger partial charge in [-0.3, -0.25) is 0 Å². The van der Waals surface area contributed by atoms with E-state index in [0.717, 1.165) is 28.3 Å². The summed E-state index contributed by atoms with van der Waals surface area (Å²) in [5.74, 6) is 0. The fraction of sp³-hybridized carbons (Fsp3) is 0.0145. The zero-order chi connectivity index (χ0) is 46.9. The second-order valence-electron chi connectivity index (χ2n) is 18.8. The molecule has 0 saturated carbocycles. The van der Waals surface area contributed by atoms with E-state index < -0.39 is 5.41 Å². The van der Waals surface area contributed by atoms with Crippen molar-refractivity contribution in [3.8, 4) is 39.1 Å². The number of rotatable bonds is 8. The van der Waals surface area contributed by atoms with E-state index in [1.807, 2.05) is 0 Å². The molecule has 13 aromatic rings. The van der Waals surface area contributed by atoms with Crippen LogP contribution >= 0.6 is 0 Å². The quantitative estimate of drug-likeness (QED) is 0.147. The van der Waals surface area contributed by atoms with E-state index in [1.165, 1.54) is 93.5 Å². The molecule has 71 heavy (non-hydrogen) atoms. The van der Waals surface area contributed by atoms with Crippen molar-refractivity contribution in [1.82, 2.24) is 4.57 Å². The Kier molecular flexibility index (Phi) is 9.47. The van der Waals surface area contributed by atoms with Gasteiger partial charge in [0.1, 0.15) is 0 Å². The number of hydrogen-bond acceptors (Lipinski definition) is 1. The maximum Gasteiger partial charge on any atom is 0.0714 e. The number of hydrogen-bond donors (Lipinski definition) is 0. The molecule has 0 fully saturated rings. The standard InChI is InChI=1S/C69H46N2/c1-4-17-47(18-5-1)49-31-36-54(37-32-49)69(53-24-8-3-9-25-53)64-29-15-14-28-60(64)61-43-40-56(45-65(61)69)70(66-30-16-23-51-21-10-12-26-58(51)66)57-41-44-62-63-42-35-52-22-11-13-27-59(52)68(63)71(67(62)46-57)55-38-33-50(34-39-55)48-19-6-2-7-20-48/h1-46H. The Balaban J connectivity index is 1.03. The van der Waals surface area contributed by atoms with Crippen molar-refractivity contribution in [2.75, 3.05) is 4.90 Å². The lowest BCUT2D eigenvalue weighted by atomic mass is 9.67. The summed E-state index contributed by atoms with van der Waals surface area (Å²) in [5.41, 5.74) is 18.5. The number of anilines is 3. The van der Waals surface area contributed by atoms with Gasteiger partial charge in [0.25, 0.3) is 0 Å². The summed E-state index contributed by atoms with van der Waals surface area (Å²) in [4.78, 5) is 2.50. The lowest BCUT2D eigenvalue weighted by Crippen LogP contribution is -2.28. The second kappa shape index (κ2) is 16.5. The first kappa shape index (κ1) is 40.8. The molecule has 0 N–H and O–H groups in total. The van der Waals surface area contributed by atoms with Gasteiger partial charge in [-0.25, -0.2) is 0 Å². The fourth-order valence-corrected chi connectivity index (χ4v) is 11.9. The Hall–Kier alpha value is -9.24. The van der Waals surface area contributed by atoms with Crippen LogP contribution in [-0.4, -0.2) is 4.57 Å². The summed E-state index contributed by atoms with van der Waals surface area (Å²) in [5, 5.41) is 7.28. The molecule has 1 unspecified atom stereocenters. The molecule has 332 valence electrons. The molecule has 0 bridgehead atoms. The van der Waals surface area contributed by atoms with Crippen molar-refractivity contribution in [3.63, 3.8) is 0 Å². The molecule has 2 heteroatoms. The highest BCUT2D eigenvalue weighted by molar-refractivity contribution is 6.19. The number of fused-ring (bicyclic) bond motifs is 9. The van der Waals surface area contributed by atoms with Crippen molar-refractivity contribution in [1.29, 1.82) is 0 Å². The van der Waals surface area contributed by atoms with E-state index in [0.29, 0.717) is 0 Å². The van der Waals surface area contributed by atoms with Crippen LogP contribution in [0.15, 0.2) is 279 Å². The number of aromatic nitrogens is 1. The molecule has 0 radical (unpaired) electrons. The Morgan fingerprint density at radius 1 is 0.310 bits per heavy atom. The van der Waals surface area contributed by atoms with Crippen LogP contribution in [0.5, 0.6) is 0 Å². The third-order valence-corrected chi connectivity index (χ3v) is 15.1. The maximum absolute atomic E-state index is 2.50. The van der Waals surface area contributed by atoms with E-state index in [1.54, 1.807) is 0 Å². The number of nitrogens with zero attached hydrogens (tertiary/aromatic N) is 2. The van der Waals surface area contributed by atoms with Gasteiger partial charge in [0.15, 0.2) is 0 Å². The molecule has 1 aliphatic carbocycles. The highest BCUT2D eigenvalue weighted by Crippen LogP contribution is 2.58. The van der Waals surface area contributed by atoms with Crippen molar-refractivity contribution in [3.05, 3.63) is 301 Å². The molecular weight excluding hydrogens is 857 g/mol. The van der Waals surface area contributed by atoms with Gasteiger partial charge in [-0.1, -0.05) is 237 Å². The van der Waals surface area contributed by atoms with Crippen LogP contribution in [0, 0.1) is 0 Å². The third kappa shape index (κ3) is 6.42. The summed E-state index contributed by atoms with van der Waals surface area (Å²) in [6.07, 6.45) is 0. The van der Waals surface area contributed by atoms with Gasteiger partial charge in [-0.2, -0.15) is 0 Å². The minimum absolute atomic E-state index is 0.591. The van der Waals surface area contributed by atoms with Gasteiger partial charge in [0.05, 0.1) is 22.1 Å². The summed E-state index contributed by atoms with van der Waals surface area (Å²) in [6.45, 7) is 0. The lowest BCUT2D eigenvalue weighted by molar-refractivity contribution is 0.768. The van der Waals surface area contributed by atoms with Crippen LogP contribution in [0.3, 0.4) is 0 Å². The minimum atomic E-state index is -0.591. The predicted octanol–water partition coefficient (Wildman–Crippen LogP) is 18.3. The second-order valence-corrected chi connectivity index (χ2v) is 18.8. The Bertz CT molecular complexity index is 4130. The molecule has 1 aliphatic rings. The Morgan fingerprint density at radius 2 is 0.831 bits per heavy atom. The predicted molar refractivity (Wildman–Crippen MR) is 299 cm³/mol. The Morgan fingerprint density at radius 3 is 1.56 bits per heavy atom. The average molecular weight is 903 g/mol. The maximum atomic E-state index is 2.50. The smallest absolute Gasteiger partial charge is 0.0714 e. The molecule has 0 aliphatic heterocycles. The van der Waals surface area contributed by atoms with Crippen LogP contribution in [-0.2, 0) is 5.41 Å². The van der Waals surface area contributed by atoms with Crippen molar-refractivity contribution in [2.24, 2.45) is 0 Å². The normalized spacial score (nSPS) is 14.0. The van der Waals surface area contributed by atoms with Gasteiger partial charge < -0.3 is 9.47 Å². The molecule has 0 spiro atoms. The molecule has 2 nitrogen and oxygen atoms in total. The molecule has 0 saturated heterocycles. The summed E-state index contributed by atoms with van der Waals surface area (Å²) >= 11 is 0. The minimum Gasteiger partial charge on any atom is -0.310 e. The van der Waals surface area contributed by atoms with E-state index >= 15 is 0 Å². The third-order valence-electron chi connectivity index (χ3n) is 15.1. The molecule has 0 amide bonds. The largest absolute Gasteiger partial charge is 0.310 e. The molecule has 12 aromatic carbocycles. The first-order valence-electron chi connectivity index (χ1n) is 24.6. The average Bonchev–Trinajstić information content (AvgIpc) is 3.95.